The molecule has 3 nitrogen and oxygen atoms in total. The Morgan fingerprint density at radius 1 is 1.03 bits per heavy atom. The van der Waals surface area contributed by atoms with Gasteiger partial charge < -0.3 is 15.0 Å². The highest BCUT2D eigenvalue weighted by Crippen LogP contribution is 2.68. The number of fused-ring (bicyclic) bond motifs is 5. The van der Waals surface area contributed by atoms with Crippen LogP contribution in [0.15, 0.2) is 11.6 Å². The third kappa shape index (κ3) is 3.51. The Morgan fingerprint density at radius 2 is 1.69 bits per heavy atom. The zero-order chi connectivity index (χ0) is 23.5. The van der Waals surface area contributed by atoms with Gasteiger partial charge in [0, 0.05) is 5.41 Å². The number of hydrogen-bond acceptors (Lipinski definition) is 3. The van der Waals surface area contributed by atoms with Crippen LogP contribution in [0.2, 0.25) is 0 Å². The molecule has 3 fully saturated rings. The lowest BCUT2D eigenvalue weighted by molar-refractivity contribution is -0.332. The number of carbonyl (C=O) groups excluding carboxylic acids is 1. The lowest BCUT2D eigenvalue weighted by atomic mass is 9.43. The van der Waals surface area contributed by atoms with Crippen LogP contribution in [0.5, 0.6) is 0 Å². The van der Waals surface area contributed by atoms with E-state index >= 15 is 0 Å². The minimum Gasteiger partial charge on any atom is -0.549 e. The molecule has 0 aliphatic heterocycles. The van der Waals surface area contributed by atoms with Crippen molar-refractivity contribution in [1.82, 2.24) is 0 Å². The first-order valence-electron chi connectivity index (χ1n) is 13.6. The number of allylic oxidation sites excluding steroid dienone is 2. The summed E-state index contributed by atoms with van der Waals surface area (Å²) in [6.45, 7) is 13.8. The monoisotopic (exact) mass is 443 g/mol. The highest BCUT2D eigenvalue weighted by atomic mass is 16.4. The van der Waals surface area contributed by atoms with Crippen molar-refractivity contribution in [1.29, 1.82) is 0 Å². The summed E-state index contributed by atoms with van der Waals surface area (Å²) in [6, 6.07) is 0. The summed E-state index contributed by atoms with van der Waals surface area (Å²) in [7, 11) is 0. The molecule has 0 spiro atoms. The van der Waals surface area contributed by atoms with Crippen LogP contribution in [-0.2, 0) is 4.79 Å². The Bertz CT molecular complexity index is 756. The minimum atomic E-state index is -1.14. The van der Waals surface area contributed by atoms with Crippen LogP contribution in [0.3, 0.4) is 0 Å². The van der Waals surface area contributed by atoms with E-state index in [9.17, 15) is 15.0 Å². The lowest BCUT2D eigenvalue weighted by Gasteiger charge is -2.62. The van der Waals surface area contributed by atoms with Crippen molar-refractivity contribution >= 4 is 5.97 Å². The molecule has 32 heavy (non-hydrogen) atoms. The van der Waals surface area contributed by atoms with Gasteiger partial charge in [0.05, 0.1) is 12.1 Å². The smallest absolute Gasteiger partial charge is 0.0649 e. The third-order valence-electron chi connectivity index (χ3n) is 11.3. The van der Waals surface area contributed by atoms with Gasteiger partial charge in [-0.1, -0.05) is 72.5 Å². The van der Waals surface area contributed by atoms with Gasteiger partial charge in [-0.3, -0.25) is 0 Å². The van der Waals surface area contributed by atoms with E-state index in [1.165, 1.54) is 44.9 Å². The van der Waals surface area contributed by atoms with Crippen molar-refractivity contribution in [3.63, 3.8) is 0 Å². The van der Waals surface area contributed by atoms with Crippen LogP contribution in [0, 0.1) is 51.8 Å². The maximum Gasteiger partial charge on any atom is 0.0649 e. The summed E-state index contributed by atoms with van der Waals surface area (Å²) in [6.07, 6.45) is 13.1. The fourth-order valence-corrected chi connectivity index (χ4v) is 9.32. The fraction of sp³-hybridized carbons (Fsp3) is 0.897. The maximum atomic E-state index is 12.2. The molecule has 0 bridgehead atoms. The molecular formula is C29H47O3-. The molecule has 1 N–H and O–H groups in total. The molecule has 0 unspecified atom stereocenters. The van der Waals surface area contributed by atoms with Crippen LogP contribution in [0.1, 0.15) is 106 Å². The highest BCUT2D eigenvalue weighted by molar-refractivity contribution is 5.74. The number of carbonyl (C=O) groups is 1. The number of hydrogen-bond donors (Lipinski definition) is 1. The van der Waals surface area contributed by atoms with Gasteiger partial charge >= 0.3 is 0 Å². The lowest BCUT2D eigenvalue weighted by Crippen LogP contribution is -2.62. The van der Waals surface area contributed by atoms with Crippen LogP contribution < -0.4 is 5.11 Å². The van der Waals surface area contributed by atoms with E-state index in [0.29, 0.717) is 23.7 Å². The number of aliphatic hydroxyl groups excluding tert-OH is 1. The number of rotatable bonds is 6. The second kappa shape index (κ2) is 8.43. The van der Waals surface area contributed by atoms with E-state index in [4.69, 9.17) is 0 Å². The molecule has 182 valence electrons. The topological polar surface area (TPSA) is 60.4 Å². The summed E-state index contributed by atoms with van der Waals surface area (Å²) in [5, 5.41) is 22.9. The van der Waals surface area contributed by atoms with Crippen molar-refractivity contribution in [2.24, 2.45) is 51.8 Å². The predicted octanol–water partition coefficient (Wildman–Crippen LogP) is 5.75. The van der Waals surface area contributed by atoms with Crippen molar-refractivity contribution in [2.75, 3.05) is 0 Å². The van der Waals surface area contributed by atoms with Gasteiger partial charge in [0.25, 0.3) is 0 Å². The first-order chi connectivity index (χ1) is 15.0. The normalized spacial score (nSPS) is 46.8. The van der Waals surface area contributed by atoms with Gasteiger partial charge in [-0.05, 0) is 91.3 Å². The van der Waals surface area contributed by atoms with Gasteiger partial charge in [-0.2, -0.15) is 0 Å². The molecule has 4 aliphatic carbocycles. The highest BCUT2D eigenvalue weighted by Gasteiger charge is 2.62. The van der Waals surface area contributed by atoms with Gasteiger partial charge in [0.2, 0.25) is 0 Å². The van der Waals surface area contributed by atoms with Crippen molar-refractivity contribution in [3.05, 3.63) is 11.6 Å². The van der Waals surface area contributed by atoms with Gasteiger partial charge in [0.1, 0.15) is 0 Å². The maximum absolute atomic E-state index is 12.2. The number of carboxylic acid groups (broad SMARTS) is 1. The number of carboxylic acids is 1. The summed E-state index contributed by atoms with van der Waals surface area (Å²) < 4.78 is 0. The molecule has 0 radical (unpaired) electrons. The number of aliphatic carboxylic acids is 1. The molecule has 0 aromatic carbocycles. The van der Waals surface area contributed by atoms with E-state index in [1.54, 1.807) is 12.5 Å². The molecule has 0 amide bonds. The van der Waals surface area contributed by atoms with Crippen molar-refractivity contribution < 1.29 is 15.0 Å². The molecule has 3 heteroatoms. The first-order valence-corrected chi connectivity index (χ1v) is 13.6. The summed E-state index contributed by atoms with van der Waals surface area (Å²) in [5.74, 6) is 2.45. The van der Waals surface area contributed by atoms with Crippen molar-refractivity contribution in [3.8, 4) is 0 Å². The second-order valence-corrected chi connectivity index (χ2v) is 13.3. The molecule has 0 saturated heterocycles. The largest absolute Gasteiger partial charge is 0.549 e. The van der Waals surface area contributed by atoms with E-state index in [1.807, 2.05) is 0 Å². The predicted molar refractivity (Wildman–Crippen MR) is 128 cm³/mol. The Hall–Kier alpha value is -0.830. The molecule has 0 aromatic heterocycles. The van der Waals surface area contributed by atoms with E-state index < -0.39 is 17.5 Å². The average Bonchev–Trinajstić information content (AvgIpc) is 3.08. The second-order valence-electron chi connectivity index (χ2n) is 13.3. The average molecular weight is 444 g/mol. The summed E-state index contributed by atoms with van der Waals surface area (Å²) in [5.41, 5.74) is 0.875. The summed E-state index contributed by atoms with van der Waals surface area (Å²) in [4.78, 5) is 12.2. The van der Waals surface area contributed by atoms with E-state index in [0.717, 1.165) is 30.6 Å². The van der Waals surface area contributed by atoms with Gasteiger partial charge in [-0.15, -0.1) is 0 Å². The Kier molecular flexibility index (Phi) is 6.40. The zero-order valence-corrected chi connectivity index (χ0v) is 21.5. The molecule has 9 atom stereocenters. The van der Waals surface area contributed by atoms with Crippen LogP contribution in [-0.4, -0.2) is 17.2 Å². The Balaban J connectivity index is 1.58. The molecule has 0 heterocycles. The van der Waals surface area contributed by atoms with E-state index in [-0.39, 0.29) is 11.3 Å². The van der Waals surface area contributed by atoms with E-state index in [2.05, 4.69) is 40.7 Å². The Morgan fingerprint density at radius 3 is 2.34 bits per heavy atom. The number of aliphatic hydroxyl groups is 1. The van der Waals surface area contributed by atoms with Gasteiger partial charge in [0.15, 0.2) is 0 Å². The quantitative estimate of drug-likeness (QED) is 0.531. The fourth-order valence-electron chi connectivity index (χ4n) is 9.32. The molecule has 3 saturated carbocycles. The van der Waals surface area contributed by atoms with Crippen LogP contribution >= 0.6 is 0 Å². The molecule has 0 aromatic rings. The molecule has 4 aliphatic rings. The standard InChI is InChI=1S/C29H48O3/c1-18(2)8-7-9-19(3)21-11-12-22-20-10-13-24-28(5,23(20)14-16-27(21,22)4)17-15-25(30)29(24,6)26(31)32/h10,18-19,21-25,30H,7-9,11-17H2,1-6H3,(H,31,32)/p-1/t19-,21-,22+,23+,24-,25+,27-,28-,29+/m1/s1. The van der Waals surface area contributed by atoms with Gasteiger partial charge in [-0.25, -0.2) is 0 Å². The minimum absolute atomic E-state index is 0.0333. The van der Waals surface area contributed by atoms with Crippen LogP contribution in [0.25, 0.3) is 0 Å². The van der Waals surface area contributed by atoms with Crippen LogP contribution in [0.4, 0.5) is 0 Å². The van der Waals surface area contributed by atoms with Crippen molar-refractivity contribution in [2.45, 2.75) is 112 Å². The molecular weight excluding hydrogens is 396 g/mol. The zero-order valence-electron chi connectivity index (χ0n) is 21.5. The summed E-state index contributed by atoms with van der Waals surface area (Å²) >= 11 is 0. The molecule has 4 rings (SSSR count). The first kappa shape index (κ1) is 24.3. The third-order valence-corrected chi connectivity index (χ3v) is 11.3. The SMILES string of the molecule is CC(C)CCC[C@@H](C)[C@H]1CC[C@H]2C3=CC[C@@H]4[C@](C)(CC[C@H](O)[C@@]4(C)C(=O)[O-])[C@H]3CC[C@]12C. The Labute approximate surface area is 196 Å².